The van der Waals surface area contributed by atoms with Crippen LogP contribution in [-0.2, 0) is 22.7 Å². The molecule has 0 unspecified atom stereocenters. The van der Waals surface area contributed by atoms with E-state index in [2.05, 4.69) is 20.8 Å². The van der Waals surface area contributed by atoms with Gasteiger partial charge in [0.25, 0.3) is 5.91 Å². The number of aromatic nitrogens is 2. The van der Waals surface area contributed by atoms with Crippen molar-refractivity contribution in [3.05, 3.63) is 64.5 Å². The Morgan fingerprint density at radius 2 is 1.92 bits per heavy atom. The fraction of sp³-hybridized carbons (Fsp3) is 0.407. The van der Waals surface area contributed by atoms with E-state index in [0.717, 1.165) is 12.1 Å². The van der Waals surface area contributed by atoms with Gasteiger partial charge in [-0.05, 0) is 42.8 Å². The van der Waals surface area contributed by atoms with E-state index in [9.17, 15) is 18.4 Å². The molecule has 1 aromatic heterocycles. The third-order valence-electron chi connectivity index (χ3n) is 6.69. The second-order valence-corrected chi connectivity index (χ2v) is 9.42. The summed E-state index contributed by atoms with van der Waals surface area (Å²) in [6.07, 6.45) is 0. The molecule has 2 amide bonds. The number of hydrogen-bond donors (Lipinski definition) is 2. The van der Waals surface area contributed by atoms with Crippen LogP contribution in [0.4, 0.5) is 14.5 Å². The molecule has 0 atom stereocenters. The maximum Gasteiger partial charge on any atom is 0.256 e. The molecule has 12 heteroatoms. The van der Waals surface area contributed by atoms with Crippen molar-refractivity contribution in [1.82, 2.24) is 30.4 Å². The van der Waals surface area contributed by atoms with Gasteiger partial charge in [0.2, 0.25) is 17.6 Å². The third-order valence-corrected chi connectivity index (χ3v) is 6.69. The van der Waals surface area contributed by atoms with Gasteiger partial charge in [-0.15, -0.1) is 0 Å². The van der Waals surface area contributed by atoms with E-state index < -0.39 is 5.82 Å². The lowest BCUT2D eigenvalue weighted by Crippen LogP contribution is -2.49. The van der Waals surface area contributed by atoms with Crippen LogP contribution >= 0.6 is 0 Å². The highest BCUT2D eigenvalue weighted by atomic mass is 19.1. The smallest absolute Gasteiger partial charge is 0.256 e. The molecule has 2 heterocycles. The SMILES string of the molecule is CCNCCN(CC(=O)N(C)N1Cc2cccc(F)c2C1)C(=O)CNc1cc(-c2noc(C)n2)c(F)cc1C. The number of anilines is 1. The zero-order chi connectivity index (χ0) is 28.1. The summed E-state index contributed by atoms with van der Waals surface area (Å²) in [5.41, 5.74) is 2.70. The van der Waals surface area contributed by atoms with Gasteiger partial charge in [0.15, 0.2) is 0 Å². The Kier molecular flexibility index (Phi) is 8.87. The quantitative estimate of drug-likeness (QED) is 0.357. The fourth-order valence-electron chi connectivity index (χ4n) is 4.41. The molecular formula is C27H33F2N7O3. The zero-order valence-corrected chi connectivity index (χ0v) is 22.6. The van der Waals surface area contributed by atoms with Gasteiger partial charge in [-0.25, -0.2) is 13.8 Å². The molecule has 0 spiro atoms. The molecule has 3 aromatic rings. The van der Waals surface area contributed by atoms with Crippen LogP contribution in [0.5, 0.6) is 0 Å². The number of benzene rings is 2. The molecule has 1 aliphatic rings. The van der Waals surface area contributed by atoms with Crippen molar-refractivity contribution in [2.75, 3.05) is 45.1 Å². The number of halogens is 2. The van der Waals surface area contributed by atoms with E-state index in [0.29, 0.717) is 42.3 Å². The minimum absolute atomic E-state index is 0.110. The van der Waals surface area contributed by atoms with Crippen LogP contribution in [0.15, 0.2) is 34.9 Å². The molecule has 4 rings (SSSR count). The van der Waals surface area contributed by atoms with E-state index in [4.69, 9.17) is 4.52 Å². The normalized spacial score (nSPS) is 12.9. The molecular weight excluding hydrogens is 508 g/mol. The van der Waals surface area contributed by atoms with Gasteiger partial charge in [0.05, 0.1) is 12.1 Å². The summed E-state index contributed by atoms with van der Waals surface area (Å²) < 4.78 is 33.7. The van der Waals surface area contributed by atoms with Crippen molar-refractivity contribution >= 4 is 17.5 Å². The van der Waals surface area contributed by atoms with Gasteiger partial charge in [-0.1, -0.05) is 24.2 Å². The van der Waals surface area contributed by atoms with Crippen molar-refractivity contribution < 1.29 is 22.9 Å². The largest absolute Gasteiger partial charge is 0.376 e. The number of carbonyl (C=O) groups is 2. The Morgan fingerprint density at radius 1 is 1.13 bits per heavy atom. The summed E-state index contributed by atoms with van der Waals surface area (Å²) in [5, 5.41) is 13.2. The predicted octanol–water partition coefficient (Wildman–Crippen LogP) is 2.87. The molecule has 0 saturated heterocycles. The zero-order valence-electron chi connectivity index (χ0n) is 22.6. The number of fused-ring (bicyclic) bond motifs is 1. The number of hydrazine groups is 1. The molecule has 2 aromatic carbocycles. The van der Waals surface area contributed by atoms with Crippen LogP contribution in [0.25, 0.3) is 11.4 Å². The second-order valence-electron chi connectivity index (χ2n) is 9.42. The Bertz CT molecular complexity index is 1350. The van der Waals surface area contributed by atoms with Crippen molar-refractivity contribution in [3.8, 4) is 11.4 Å². The first kappa shape index (κ1) is 28.1. The van der Waals surface area contributed by atoms with Crippen molar-refractivity contribution in [2.24, 2.45) is 0 Å². The Morgan fingerprint density at radius 3 is 2.62 bits per heavy atom. The molecule has 10 nitrogen and oxygen atoms in total. The summed E-state index contributed by atoms with van der Waals surface area (Å²) in [4.78, 5) is 32.0. The summed E-state index contributed by atoms with van der Waals surface area (Å²) in [6, 6.07) is 7.79. The highest BCUT2D eigenvalue weighted by molar-refractivity contribution is 5.87. The first-order valence-electron chi connectivity index (χ1n) is 12.8. The lowest BCUT2D eigenvalue weighted by atomic mass is 10.1. The van der Waals surface area contributed by atoms with Crippen molar-refractivity contribution in [1.29, 1.82) is 0 Å². The minimum atomic E-state index is -0.505. The van der Waals surface area contributed by atoms with Crippen LogP contribution in [0, 0.1) is 25.5 Å². The van der Waals surface area contributed by atoms with Gasteiger partial charge in [-0.3, -0.25) is 14.6 Å². The number of nitrogens with one attached hydrogen (secondary N) is 2. The molecule has 0 bridgehead atoms. The molecule has 2 N–H and O–H groups in total. The number of carbonyl (C=O) groups excluding carboxylic acids is 2. The summed E-state index contributed by atoms with van der Waals surface area (Å²) >= 11 is 0. The predicted molar refractivity (Wildman–Crippen MR) is 141 cm³/mol. The summed E-state index contributed by atoms with van der Waals surface area (Å²) in [5.74, 6) is -0.965. The standard InChI is InChI=1S/C27H33F2N7O3/c1-5-30-9-10-35(16-26(38)34(4)36-14-19-7-6-8-22(28)21(19)15-36)25(37)13-31-24-12-20(23(29)11-17(24)2)27-32-18(3)39-33-27/h6-8,11-12,30-31H,5,9-10,13-16H2,1-4H3. The molecule has 1 aliphatic heterocycles. The molecule has 0 radical (unpaired) electrons. The molecule has 0 fully saturated rings. The van der Waals surface area contributed by atoms with E-state index in [1.165, 1.54) is 28.1 Å². The fourth-order valence-corrected chi connectivity index (χ4v) is 4.41. The Hall–Kier alpha value is -3.90. The lowest BCUT2D eigenvalue weighted by Gasteiger charge is -2.31. The average molecular weight is 542 g/mol. The van der Waals surface area contributed by atoms with Gasteiger partial charge in [-0.2, -0.15) is 4.98 Å². The first-order valence-corrected chi connectivity index (χ1v) is 12.8. The number of aryl methyl sites for hydroxylation is 2. The molecule has 0 aliphatic carbocycles. The van der Waals surface area contributed by atoms with Gasteiger partial charge in [0, 0.05) is 51.4 Å². The molecule has 0 saturated carbocycles. The van der Waals surface area contributed by atoms with Crippen LogP contribution < -0.4 is 10.6 Å². The number of rotatable bonds is 11. The van der Waals surface area contributed by atoms with E-state index in [1.807, 2.05) is 13.0 Å². The number of amides is 2. The Labute approximate surface area is 225 Å². The summed E-state index contributed by atoms with van der Waals surface area (Å²) in [6.45, 7) is 7.28. The van der Waals surface area contributed by atoms with E-state index in [1.54, 1.807) is 32.0 Å². The number of nitrogens with zero attached hydrogens (tertiary/aromatic N) is 5. The van der Waals surface area contributed by atoms with Crippen molar-refractivity contribution in [3.63, 3.8) is 0 Å². The maximum absolute atomic E-state index is 14.6. The van der Waals surface area contributed by atoms with Gasteiger partial charge >= 0.3 is 0 Å². The van der Waals surface area contributed by atoms with Crippen LogP contribution in [0.2, 0.25) is 0 Å². The monoisotopic (exact) mass is 541 g/mol. The molecule has 39 heavy (non-hydrogen) atoms. The molecule has 208 valence electrons. The van der Waals surface area contributed by atoms with Gasteiger partial charge in [0.1, 0.15) is 18.2 Å². The number of likely N-dealkylation sites (N-methyl/N-ethyl adjacent to an activating group) is 2. The topological polar surface area (TPSA) is 107 Å². The highest BCUT2D eigenvalue weighted by Crippen LogP contribution is 2.27. The van der Waals surface area contributed by atoms with E-state index >= 15 is 0 Å². The minimum Gasteiger partial charge on any atom is -0.376 e. The third kappa shape index (κ3) is 6.58. The van der Waals surface area contributed by atoms with Gasteiger partial charge < -0.3 is 20.1 Å². The van der Waals surface area contributed by atoms with Crippen LogP contribution in [-0.4, -0.2) is 76.6 Å². The summed E-state index contributed by atoms with van der Waals surface area (Å²) in [7, 11) is 1.63. The van der Waals surface area contributed by atoms with Crippen molar-refractivity contribution in [2.45, 2.75) is 33.9 Å². The first-order chi connectivity index (χ1) is 18.7. The maximum atomic E-state index is 14.6. The van der Waals surface area contributed by atoms with Crippen LogP contribution in [0.1, 0.15) is 29.5 Å². The lowest BCUT2D eigenvalue weighted by molar-refractivity contribution is -0.151. The highest BCUT2D eigenvalue weighted by Gasteiger charge is 2.28. The van der Waals surface area contributed by atoms with Crippen LogP contribution in [0.3, 0.4) is 0 Å². The average Bonchev–Trinajstić information content (AvgIpc) is 3.54. The van der Waals surface area contributed by atoms with E-state index in [-0.39, 0.29) is 48.7 Å². The second kappa shape index (κ2) is 12.3. The number of hydrogen-bond acceptors (Lipinski definition) is 8. The Balaban J connectivity index is 1.42.